The van der Waals surface area contributed by atoms with Crippen LogP contribution in [0.25, 0.3) is 11.1 Å². The first kappa shape index (κ1) is 18.5. The highest BCUT2D eigenvalue weighted by molar-refractivity contribution is 6.30. The van der Waals surface area contributed by atoms with Crippen LogP contribution in [0.15, 0.2) is 24.3 Å². The van der Waals surface area contributed by atoms with Gasteiger partial charge < -0.3 is 4.74 Å². The Bertz CT molecular complexity index is 745. The van der Waals surface area contributed by atoms with E-state index in [1.165, 1.54) is 0 Å². The molecule has 0 aromatic heterocycles. The molecule has 0 bridgehead atoms. The minimum absolute atomic E-state index is 0.173. The molecule has 2 aromatic rings. The molecule has 0 aliphatic carbocycles. The Balaban J connectivity index is 2.41. The first-order chi connectivity index (χ1) is 11.3. The summed E-state index contributed by atoms with van der Waals surface area (Å²) in [5.41, 5.74) is 5.19. The average Bonchev–Trinajstić information content (AvgIpc) is 2.48. The summed E-state index contributed by atoms with van der Waals surface area (Å²) >= 11 is 6.10. The van der Waals surface area contributed by atoms with Gasteiger partial charge in [0.15, 0.2) is 0 Å². The molecule has 0 amide bonds. The van der Waals surface area contributed by atoms with Gasteiger partial charge in [-0.15, -0.1) is 0 Å². The number of esters is 1. The fraction of sp³-hybridized carbons (Fsp3) is 0.350. The Hall–Kier alpha value is -1.87. The van der Waals surface area contributed by atoms with Crippen LogP contribution in [0.5, 0.6) is 0 Å². The number of rotatable bonds is 5. The standard InChI is InChI=1S/C20H22ClFO2/c1-5-24-18(23)7-6-15-11-16(8-14(4)20(15)22)19-12(2)9-17(21)10-13(19)3/h8-11H,5-7H2,1-4H3. The van der Waals surface area contributed by atoms with Crippen LogP contribution in [0.3, 0.4) is 0 Å². The van der Waals surface area contributed by atoms with Gasteiger partial charge in [0.1, 0.15) is 5.82 Å². The molecule has 0 heterocycles. The summed E-state index contributed by atoms with van der Waals surface area (Å²) in [5, 5.41) is 0.690. The molecule has 0 N–H and O–H groups in total. The van der Waals surface area contributed by atoms with Crippen LogP contribution in [0.2, 0.25) is 5.02 Å². The van der Waals surface area contributed by atoms with E-state index >= 15 is 0 Å². The Morgan fingerprint density at radius 3 is 2.29 bits per heavy atom. The molecule has 0 fully saturated rings. The van der Waals surface area contributed by atoms with E-state index < -0.39 is 0 Å². The average molecular weight is 349 g/mol. The minimum Gasteiger partial charge on any atom is -0.466 e. The van der Waals surface area contributed by atoms with Gasteiger partial charge in [0.05, 0.1) is 6.61 Å². The highest BCUT2D eigenvalue weighted by Gasteiger charge is 2.14. The van der Waals surface area contributed by atoms with Crippen molar-refractivity contribution in [2.24, 2.45) is 0 Å². The number of aryl methyl sites for hydroxylation is 4. The van der Waals surface area contributed by atoms with Crippen LogP contribution in [-0.4, -0.2) is 12.6 Å². The lowest BCUT2D eigenvalue weighted by Crippen LogP contribution is -2.06. The number of halogens is 2. The molecule has 0 atom stereocenters. The third-order valence-electron chi connectivity index (χ3n) is 4.02. The van der Waals surface area contributed by atoms with E-state index in [-0.39, 0.29) is 18.2 Å². The van der Waals surface area contributed by atoms with Crippen molar-refractivity contribution in [2.75, 3.05) is 6.61 Å². The number of hydrogen-bond donors (Lipinski definition) is 0. The quantitative estimate of drug-likeness (QED) is 0.660. The van der Waals surface area contributed by atoms with Crippen LogP contribution >= 0.6 is 11.6 Å². The Morgan fingerprint density at radius 2 is 1.71 bits per heavy atom. The van der Waals surface area contributed by atoms with E-state index in [4.69, 9.17) is 16.3 Å². The zero-order chi connectivity index (χ0) is 17.9. The molecule has 0 unspecified atom stereocenters. The lowest BCUT2D eigenvalue weighted by molar-refractivity contribution is -0.143. The van der Waals surface area contributed by atoms with Crippen molar-refractivity contribution in [3.05, 3.63) is 57.4 Å². The molecule has 0 spiro atoms. The molecule has 0 radical (unpaired) electrons. The molecule has 4 heteroatoms. The zero-order valence-electron chi connectivity index (χ0n) is 14.5. The largest absolute Gasteiger partial charge is 0.466 e. The van der Waals surface area contributed by atoms with Crippen molar-refractivity contribution < 1.29 is 13.9 Å². The van der Waals surface area contributed by atoms with Crippen LogP contribution in [0, 0.1) is 26.6 Å². The second-order valence-electron chi connectivity index (χ2n) is 5.99. The van der Waals surface area contributed by atoms with Crippen LogP contribution in [0.4, 0.5) is 4.39 Å². The molecule has 0 aliphatic rings. The van der Waals surface area contributed by atoms with Gasteiger partial charge in [-0.2, -0.15) is 0 Å². The van der Waals surface area contributed by atoms with Crippen LogP contribution in [-0.2, 0) is 16.0 Å². The molecule has 2 nitrogen and oxygen atoms in total. The number of ether oxygens (including phenoxy) is 1. The Labute approximate surface area is 147 Å². The summed E-state index contributed by atoms with van der Waals surface area (Å²) in [5.74, 6) is -0.564. The molecular weight excluding hydrogens is 327 g/mol. The van der Waals surface area contributed by atoms with E-state index in [0.29, 0.717) is 29.2 Å². The van der Waals surface area contributed by atoms with Crippen molar-refractivity contribution in [3.63, 3.8) is 0 Å². The highest BCUT2D eigenvalue weighted by atomic mass is 35.5. The van der Waals surface area contributed by atoms with Crippen LogP contribution < -0.4 is 0 Å². The summed E-state index contributed by atoms with van der Waals surface area (Å²) in [6, 6.07) is 7.47. The molecule has 0 saturated heterocycles. The Morgan fingerprint density at radius 1 is 1.08 bits per heavy atom. The summed E-state index contributed by atoms with van der Waals surface area (Å²) in [6.45, 7) is 7.82. The van der Waals surface area contributed by atoms with Crippen molar-refractivity contribution in [2.45, 2.75) is 40.5 Å². The molecular formula is C20H22ClFO2. The van der Waals surface area contributed by atoms with E-state index in [2.05, 4.69) is 0 Å². The number of carbonyl (C=O) groups excluding carboxylic acids is 1. The second kappa shape index (κ2) is 7.80. The predicted octanol–water partition coefficient (Wildman–Crippen LogP) is 5.57. The number of carbonyl (C=O) groups is 1. The maximum absolute atomic E-state index is 14.4. The molecule has 128 valence electrons. The summed E-state index contributed by atoms with van der Waals surface area (Å²) < 4.78 is 19.3. The lowest BCUT2D eigenvalue weighted by Gasteiger charge is -2.14. The van der Waals surface area contributed by atoms with Gasteiger partial charge in [0.2, 0.25) is 0 Å². The smallest absolute Gasteiger partial charge is 0.306 e. The van der Waals surface area contributed by atoms with Gasteiger partial charge in [-0.25, -0.2) is 4.39 Å². The summed E-state index contributed by atoms with van der Waals surface area (Å²) in [7, 11) is 0. The van der Waals surface area contributed by atoms with Crippen molar-refractivity contribution in [1.29, 1.82) is 0 Å². The monoisotopic (exact) mass is 348 g/mol. The van der Waals surface area contributed by atoms with Crippen molar-refractivity contribution in [3.8, 4) is 11.1 Å². The zero-order valence-corrected chi connectivity index (χ0v) is 15.3. The maximum Gasteiger partial charge on any atom is 0.306 e. The number of hydrogen-bond acceptors (Lipinski definition) is 2. The van der Waals surface area contributed by atoms with Gasteiger partial charge in [0, 0.05) is 11.4 Å². The molecule has 24 heavy (non-hydrogen) atoms. The first-order valence-electron chi connectivity index (χ1n) is 8.05. The van der Waals surface area contributed by atoms with Gasteiger partial charge in [0.25, 0.3) is 0 Å². The van der Waals surface area contributed by atoms with Gasteiger partial charge in [-0.05, 0) is 91.8 Å². The third-order valence-corrected chi connectivity index (χ3v) is 4.24. The Kier molecular flexibility index (Phi) is 6.00. The molecule has 2 rings (SSSR count). The van der Waals surface area contributed by atoms with E-state index in [1.807, 2.05) is 38.1 Å². The van der Waals surface area contributed by atoms with E-state index in [9.17, 15) is 9.18 Å². The van der Waals surface area contributed by atoms with Crippen molar-refractivity contribution >= 4 is 17.6 Å². The van der Waals surface area contributed by atoms with Crippen molar-refractivity contribution in [1.82, 2.24) is 0 Å². The van der Waals surface area contributed by atoms with Gasteiger partial charge in [-0.3, -0.25) is 4.79 Å². The highest BCUT2D eigenvalue weighted by Crippen LogP contribution is 2.32. The molecule has 2 aromatic carbocycles. The van der Waals surface area contributed by atoms with E-state index in [1.54, 1.807) is 13.8 Å². The van der Waals surface area contributed by atoms with Gasteiger partial charge >= 0.3 is 5.97 Å². The SMILES string of the molecule is CCOC(=O)CCc1cc(-c2c(C)cc(Cl)cc2C)cc(C)c1F. The number of benzene rings is 2. The molecule has 0 aliphatic heterocycles. The summed E-state index contributed by atoms with van der Waals surface area (Å²) in [6.07, 6.45) is 0.497. The third kappa shape index (κ3) is 4.15. The maximum atomic E-state index is 14.4. The van der Waals surface area contributed by atoms with Gasteiger partial charge in [-0.1, -0.05) is 11.6 Å². The lowest BCUT2D eigenvalue weighted by atomic mass is 9.92. The summed E-state index contributed by atoms with van der Waals surface area (Å²) in [4.78, 5) is 11.6. The first-order valence-corrected chi connectivity index (χ1v) is 8.43. The second-order valence-corrected chi connectivity index (χ2v) is 6.42. The molecule has 0 saturated carbocycles. The topological polar surface area (TPSA) is 26.3 Å². The minimum atomic E-state index is -0.307. The van der Waals surface area contributed by atoms with Crippen LogP contribution in [0.1, 0.15) is 35.6 Å². The predicted molar refractivity (Wildman–Crippen MR) is 96.0 cm³/mol. The normalized spacial score (nSPS) is 10.8. The van der Waals surface area contributed by atoms with E-state index in [0.717, 1.165) is 22.3 Å². The fourth-order valence-electron chi connectivity index (χ4n) is 3.00. The fourth-order valence-corrected chi connectivity index (χ4v) is 3.33.